The van der Waals surface area contributed by atoms with Crippen molar-refractivity contribution in [2.75, 3.05) is 5.32 Å². The number of rotatable bonds is 4. The average Bonchev–Trinajstić information content (AvgIpc) is 2.66. The SMILES string of the molecule is N#Cc1ccc(C(=O)Nc2ccc(Cc3cc(F)ccc3F)cn2)cn1. The Morgan fingerprint density at radius 3 is 2.58 bits per heavy atom. The fourth-order valence-corrected chi connectivity index (χ4v) is 2.28. The predicted octanol–water partition coefficient (Wildman–Crippen LogP) is 3.47. The number of nitrogens with zero attached hydrogens (tertiary/aromatic N) is 3. The number of carbonyl (C=O) groups excluding carboxylic acids is 1. The van der Waals surface area contributed by atoms with E-state index >= 15 is 0 Å². The molecule has 3 rings (SSSR count). The molecule has 2 heterocycles. The van der Waals surface area contributed by atoms with Gasteiger partial charge < -0.3 is 5.32 Å². The van der Waals surface area contributed by atoms with Crippen molar-refractivity contribution < 1.29 is 13.6 Å². The molecule has 0 radical (unpaired) electrons. The van der Waals surface area contributed by atoms with Crippen LogP contribution in [0, 0.1) is 23.0 Å². The largest absolute Gasteiger partial charge is 0.307 e. The van der Waals surface area contributed by atoms with Gasteiger partial charge in [0.05, 0.1) is 5.56 Å². The minimum absolute atomic E-state index is 0.185. The van der Waals surface area contributed by atoms with Crippen molar-refractivity contribution in [3.05, 3.63) is 88.9 Å². The molecule has 2 aromatic heterocycles. The number of nitrogens with one attached hydrogen (secondary N) is 1. The zero-order valence-electron chi connectivity index (χ0n) is 13.4. The van der Waals surface area contributed by atoms with E-state index in [-0.39, 0.29) is 23.2 Å². The Labute approximate surface area is 148 Å². The molecule has 1 N–H and O–H groups in total. The highest BCUT2D eigenvalue weighted by molar-refractivity contribution is 6.03. The lowest BCUT2D eigenvalue weighted by Gasteiger charge is -2.07. The summed E-state index contributed by atoms with van der Waals surface area (Å²) in [5, 5.41) is 11.3. The van der Waals surface area contributed by atoms with Crippen LogP contribution in [0.5, 0.6) is 0 Å². The number of hydrogen-bond donors (Lipinski definition) is 1. The second kappa shape index (κ2) is 7.49. The van der Waals surface area contributed by atoms with Crippen LogP contribution in [-0.2, 0) is 6.42 Å². The number of anilines is 1. The summed E-state index contributed by atoms with van der Waals surface area (Å²) in [6.45, 7) is 0. The predicted molar refractivity (Wildman–Crippen MR) is 90.3 cm³/mol. The van der Waals surface area contributed by atoms with Crippen LogP contribution in [0.15, 0.2) is 54.9 Å². The first-order valence-corrected chi connectivity index (χ1v) is 7.61. The molecule has 0 unspecified atom stereocenters. The summed E-state index contributed by atoms with van der Waals surface area (Å²) in [7, 11) is 0. The van der Waals surface area contributed by atoms with Gasteiger partial charge in [0, 0.05) is 18.8 Å². The van der Waals surface area contributed by atoms with E-state index in [2.05, 4.69) is 15.3 Å². The Hall–Kier alpha value is -3.66. The quantitative estimate of drug-likeness (QED) is 0.781. The number of carbonyl (C=O) groups is 1. The number of aromatic nitrogens is 2. The molecule has 128 valence electrons. The molecular formula is C19H12F2N4O. The van der Waals surface area contributed by atoms with Gasteiger partial charge in [0.25, 0.3) is 5.91 Å². The third-order valence-electron chi connectivity index (χ3n) is 3.61. The number of hydrogen-bond acceptors (Lipinski definition) is 4. The monoisotopic (exact) mass is 350 g/mol. The summed E-state index contributed by atoms with van der Waals surface area (Å²) in [5.74, 6) is -1.10. The number of halogens is 2. The fraction of sp³-hybridized carbons (Fsp3) is 0.0526. The Kier molecular flexibility index (Phi) is 4.94. The molecule has 0 fully saturated rings. The first kappa shape index (κ1) is 17.2. The Morgan fingerprint density at radius 1 is 1.08 bits per heavy atom. The molecule has 0 saturated carbocycles. The zero-order chi connectivity index (χ0) is 18.5. The Morgan fingerprint density at radius 2 is 1.92 bits per heavy atom. The smallest absolute Gasteiger partial charge is 0.258 e. The number of amides is 1. The summed E-state index contributed by atoms with van der Waals surface area (Å²) >= 11 is 0. The van der Waals surface area contributed by atoms with Gasteiger partial charge in [0.2, 0.25) is 0 Å². The van der Waals surface area contributed by atoms with Crippen LogP contribution in [-0.4, -0.2) is 15.9 Å². The number of pyridine rings is 2. The average molecular weight is 350 g/mol. The molecular weight excluding hydrogens is 338 g/mol. The van der Waals surface area contributed by atoms with Gasteiger partial charge in [-0.2, -0.15) is 5.26 Å². The third-order valence-corrected chi connectivity index (χ3v) is 3.61. The standard InChI is InChI=1S/C19H12F2N4O/c20-15-3-5-17(21)14(8-15)7-12-1-6-18(24-10-12)25-19(26)13-2-4-16(9-22)23-11-13/h1-6,8,10-11H,7H2,(H,24,25,26). The van der Waals surface area contributed by atoms with E-state index in [4.69, 9.17) is 5.26 Å². The summed E-state index contributed by atoms with van der Waals surface area (Å²) in [5.41, 5.74) is 1.41. The molecule has 0 aliphatic carbocycles. The van der Waals surface area contributed by atoms with Gasteiger partial charge in [0.1, 0.15) is 29.2 Å². The van der Waals surface area contributed by atoms with Crippen LogP contribution >= 0.6 is 0 Å². The van der Waals surface area contributed by atoms with E-state index in [9.17, 15) is 13.6 Å². The maximum atomic E-state index is 13.7. The molecule has 3 aromatic rings. The van der Waals surface area contributed by atoms with Crippen LogP contribution in [0.4, 0.5) is 14.6 Å². The van der Waals surface area contributed by atoms with Crippen molar-refractivity contribution in [2.24, 2.45) is 0 Å². The minimum Gasteiger partial charge on any atom is -0.307 e. The molecule has 7 heteroatoms. The molecule has 0 saturated heterocycles. The van der Waals surface area contributed by atoms with Crippen molar-refractivity contribution in [3.63, 3.8) is 0 Å². The summed E-state index contributed by atoms with van der Waals surface area (Å²) in [6, 6.07) is 11.3. The molecule has 0 atom stereocenters. The molecule has 0 spiro atoms. The van der Waals surface area contributed by atoms with Crippen LogP contribution in [0.2, 0.25) is 0 Å². The zero-order valence-corrected chi connectivity index (χ0v) is 13.4. The van der Waals surface area contributed by atoms with Crippen LogP contribution < -0.4 is 5.32 Å². The van der Waals surface area contributed by atoms with Crippen molar-refractivity contribution in [1.82, 2.24) is 9.97 Å². The molecule has 0 bridgehead atoms. The van der Waals surface area contributed by atoms with Crippen LogP contribution in [0.25, 0.3) is 0 Å². The number of nitriles is 1. The second-order valence-corrected chi connectivity index (χ2v) is 5.46. The molecule has 26 heavy (non-hydrogen) atoms. The lowest BCUT2D eigenvalue weighted by atomic mass is 10.1. The molecule has 1 amide bonds. The van der Waals surface area contributed by atoms with E-state index in [1.807, 2.05) is 6.07 Å². The van der Waals surface area contributed by atoms with Crippen molar-refractivity contribution in [2.45, 2.75) is 6.42 Å². The first-order valence-electron chi connectivity index (χ1n) is 7.61. The topological polar surface area (TPSA) is 78.7 Å². The highest BCUT2D eigenvalue weighted by Gasteiger charge is 2.09. The van der Waals surface area contributed by atoms with Gasteiger partial charge in [-0.15, -0.1) is 0 Å². The van der Waals surface area contributed by atoms with Gasteiger partial charge in [-0.1, -0.05) is 6.07 Å². The normalized spacial score (nSPS) is 10.2. The van der Waals surface area contributed by atoms with Gasteiger partial charge in [-0.25, -0.2) is 18.7 Å². The molecule has 1 aromatic carbocycles. The van der Waals surface area contributed by atoms with Gasteiger partial charge in [-0.05, 0) is 47.5 Å². The van der Waals surface area contributed by atoms with E-state index in [1.165, 1.54) is 24.5 Å². The maximum absolute atomic E-state index is 13.7. The summed E-state index contributed by atoms with van der Waals surface area (Å²) in [4.78, 5) is 20.0. The maximum Gasteiger partial charge on any atom is 0.258 e. The van der Waals surface area contributed by atoms with Gasteiger partial charge in [-0.3, -0.25) is 4.79 Å². The van der Waals surface area contributed by atoms with E-state index in [1.54, 1.807) is 12.1 Å². The first-order chi connectivity index (χ1) is 12.5. The summed E-state index contributed by atoms with van der Waals surface area (Å²) < 4.78 is 26.9. The fourth-order valence-electron chi connectivity index (χ4n) is 2.28. The van der Waals surface area contributed by atoms with E-state index in [0.717, 1.165) is 18.2 Å². The minimum atomic E-state index is -0.505. The molecule has 5 nitrogen and oxygen atoms in total. The summed E-state index contributed by atoms with van der Waals surface area (Å²) in [6.07, 6.45) is 2.97. The lowest BCUT2D eigenvalue weighted by molar-refractivity contribution is 0.102. The van der Waals surface area contributed by atoms with Crippen molar-refractivity contribution in [3.8, 4) is 6.07 Å². The number of benzene rings is 1. The lowest BCUT2D eigenvalue weighted by Crippen LogP contribution is -2.13. The van der Waals surface area contributed by atoms with E-state index in [0.29, 0.717) is 11.4 Å². The van der Waals surface area contributed by atoms with Crippen LogP contribution in [0.1, 0.15) is 27.2 Å². The Balaban J connectivity index is 1.68. The van der Waals surface area contributed by atoms with Gasteiger partial charge >= 0.3 is 0 Å². The van der Waals surface area contributed by atoms with Gasteiger partial charge in [0.15, 0.2) is 0 Å². The van der Waals surface area contributed by atoms with Crippen molar-refractivity contribution >= 4 is 11.7 Å². The van der Waals surface area contributed by atoms with Crippen LogP contribution in [0.3, 0.4) is 0 Å². The highest BCUT2D eigenvalue weighted by atomic mass is 19.1. The highest BCUT2D eigenvalue weighted by Crippen LogP contribution is 2.16. The molecule has 0 aliphatic rings. The third kappa shape index (κ3) is 4.05. The van der Waals surface area contributed by atoms with Crippen molar-refractivity contribution in [1.29, 1.82) is 5.26 Å². The van der Waals surface area contributed by atoms with E-state index < -0.39 is 17.5 Å². The molecule has 0 aliphatic heterocycles. The second-order valence-electron chi connectivity index (χ2n) is 5.46. The Bertz CT molecular complexity index is 980.